The first-order valence-corrected chi connectivity index (χ1v) is 13.7. The molecule has 49 heavy (non-hydrogen) atoms. The molecule has 16 heteroatoms. The Morgan fingerprint density at radius 1 is 0.633 bits per heavy atom. The summed E-state index contributed by atoms with van der Waals surface area (Å²) in [6.45, 7) is 1.42. The largest absolute Gasteiger partial charge is 0.308 e. The molecule has 0 saturated heterocycles. The van der Waals surface area contributed by atoms with Crippen LogP contribution in [0.3, 0.4) is 0 Å². The van der Waals surface area contributed by atoms with Gasteiger partial charge in [-0.1, -0.05) is 18.2 Å². The maximum atomic E-state index is 14.7. The molecule has 242 valence electrons. The Hall–Kier alpha value is -6.29. The molecule has 0 bridgehead atoms. The second kappa shape index (κ2) is 10.9. The standard InChI is InChI=1S/C33H10F10N6/c1-10(8-44)49-16-7-12(18-21(36)25(40)28(43)26(41)22(18)37)3-5-14(16)31-33(49)48-30-13-4-2-11(6-15(13)29(46-9-45)32(30)47-31)17-19(34)23(38)27(42)24(39)20(17)35/h2-7,10H,1H3. The molecule has 7 rings (SSSR count). The van der Waals surface area contributed by atoms with Gasteiger partial charge in [-0.05, 0) is 36.2 Å². The van der Waals surface area contributed by atoms with Crippen LogP contribution in [0.4, 0.5) is 43.9 Å². The highest BCUT2D eigenvalue weighted by Gasteiger charge is 2.34. The van der Waals surface area contributed by atoms with Gasteiger partial charge in [-0.2, -0.15) is 15.5 Å². The number of aliphatic imine (C=N–C) groups is 1. The van der Waals surface area contributed by atoms with Gasteiger partial charge in [0.1, 0.15) is 28.7 Å². The Kier molecular flexibility index (Phi) is 6.95. The molecule has 0 spiro atoms. The Morgan fingerprint density at radius 3 is 1.67 bits per heavy atom. The number of rotatable bonds is 3. The molecule has 0 fully saturated rings. The normalized spacial score (nSPS) is 13.5. The van der Waals surface area contributed by atoms with Crippen molar-refractivity contribution < 1.29 is 43.9 Å². The number of nitriles is 2. The van der Waals surface area contributed by atoms with E-state index in [4.69, 9.17) is 0 Å². The van der Waals surface area contributed by atoms with Crippen molar-refractivity contribution in [3.8, 4) is 45.8 Å². The molecule has 0 aliphatic heterocycles. The van der Waals surface area contributed by atoms with Gasteiger partial charge in [-0.15, -0.1) is 0 Å². The molecule has 1 aliphatic rings. The van der Waals surface area contributed by atoms with Crippen molar-refractivity contribution in [2.24, 2.45) is 4.99 Å². The first kappa shape index (κ1) is 31.3. The summed E-state index contributed by atoms with van der Waals surface area (Å²) in [7, 11) is 0. The number of nitrogens with zero attached hydrogens (tertiary/aromatic N) is 6. The molecule has 0 amide bonds. The summed E-state index contributed by atoms with van der Waals surface area (Å²) in [5.41, 5.74) is -3.34. The van der Waals surface area contributed by atoms with Gasteiger partial charge in [-0.25, -0.2) is 53.9 Å². The van der Waals surface area contributed by atoms with Crippen LogP contribution in [0, 0.1) is 81.0 Å². The van der Waals surface area contributed by atoms with Gasteiger partial charge in [-0.3, -0.25) is 0 Å². The molecule has 0 saturated carbocycles. The fourth-order valence-corrected chi connectivity index (χ4v) is 5.89. The highest BCUT2D eigenvalue weighted by atomic mass is 19.2. The highest BCUT2D eigenvalue weighted by Crippen LogP contribution is 2.43. The summed E-state index contributed by atoms with van der Waals surface area (Å²) in [6, 6.07) is 7.62. The van der Waals surface area contributed by atoms with Gasteiger partial charge in [0.25, 0.3) is 0 Å². The lowest BCUT2D eigenvalue weighted by molar-refractivity contribution is 0.381. The molecular weight excluding hydrogens is 670 g/mol. The Morgan fingerprint density at radius 2 is 1.14 bits per heavy atom. The van der Waals surface area contributed by atoms with E-state index in [1.54, 1.807) is 6.19 Å². The average molecular weight is 680 g/mol. The molecule has 0 N–H and O–H groups in total. The first-order chi connectivity index (χ1) is 23.3. The summed E-state index contributed by atoms with van der Waals surface area (Å²) < 4.78 is 144. The van der Waals surface area contributed by atoms with Crippen molar-refractivity contribution in [3.63, 3.8) is 0 Å². The van der Waals surface area contributed by atoms with E-state index in [9.17, 15) is 54.4 Å². The lowest BCUT2D eigenvalue weighted by atomic mass is 9.98. The number of hydrogen-bond donors (Lipinski definition) is 0. The highest BCUT2D eigenvalue weighted by molar-refractivity contribution is 6.24. The predicted octanol–water partition coefficient (Wildman–Crippen LogP) is 8.69. The quantitative estimate of drug-likeness (QED) is 0.0809. The van der Waals surface area contributed by atoms with Crippen LogP contribution >= 0.6 is 0 Å². The third-order valence-electron chi connectivity index (χ3n) is 8.11. The zero-order chi connectivity index (χ0) is 35.2. The summed E-state index contributed by atoms with van der Waals surface area (Å²) in [5, 5.41) is 19.5. The lowest BCUT2D eigenvalue weighted by Gasteiger charge is -2.11. The molecule has 2 heterocycles. The van der Waals surface area contributed by atoms with E-state index >= 15 is 0 Å². The van der Waals surface area contributed by atoms with Gasteiger partial charge < -0.3 is 4.57 Å². The molecule has 2 aromatic heterocycles. The van der Waals surface area contributed by atoms with Crippen molar-refractivity contribution in [1.29, 1.82) is 10.5 Å². The van der Waals surface area contributed by atoms with Crippen LogP contribution in [0.2, 0.25) is 0 Å². The third kappa shape index (κ3) is 4.23. The SMILES string of the molecule is CC(C#N)n1c2cc(-c3c(F)c(F)c(F)c(F)c3F)ccc2c2nc3c(nc21)-c1ccc(-c2c(F)c(F)c(F)c(F)c2F)cc1C3=NC#N. The fourth-order valence-electron chi connectivity index (χ4n) is 5.89. The van der Waals surface area contributed by atoms with Crippen molar-refractivity contribution in [2.45, 2.75) is 13.0 Å². The monoisotopic (exact) mass is 680 g/mol. The maximum Gasteiger partial charge on any atom is 0.206 e. The van der Waals surface area contributed by atoms with Crippen LogP contribution in [-0.2, 0) is 0 Å². The van der Waals surface area contributed by atoms with E-state index in [0.29, 0.717) is 0 Å². The Balaban J connectivity index is 1.49. The second-order valence-electron chi connectivity index (χ2n) is 10.7. The summed E-state index contributed by atoms with van der Waals surface area (Å²) in [4.78, 5) is 13.0. The van der Waals surface area contributed by atoms with Gasteiger partial charge >= 0.3 is 0 Å². The average Bonchev–Trinajstić information content (AvgIpc) is 3.58. The maximum absolute atomic E-state index is 14.7. The number of hydrogen-bond acceptors (Lipinski definition) is 5. The van der Waals surface area contributed by atoms with Crippen molar-refractivity contribution >= 4 is 27.8 Å². The van der Waals surface area contributed by atoms with Crippen LogP contribution in [0.5, 0.6) is 0 Å². The molecule has 1 unspecified atom stereocenters. The van der Waals surface area contributed by atoms with Crippen LogP contribution in [0.15, 0.2) is 41.4 Å². The molecular formula is C33H10F10N6. The van der Waals surface area contributed by atoms with Crippen molar-refractivity contribution in [1.82, 2.24) is 14.5 Å². The predicted molar refractivity (Wildman–Crippen MR) is 152 cm³/mol. The molecule has 6 nitrogen and oxygen atoms in total. The van der Waals surface area contributed by atoms with Gasteiger partial charge in [0.15, 0.2) is 52.2 Å². The van der Waals surface area contributed by atoms with Gasteiger partial charge in [0, 0.05) is 16.5 Å². The smallest absolute Gasteiger partial charge is 0.206 e. The zero-order valence-corrected chi connectivity index (χ0v) is 24.0. The van der Waals surface area contributed by atoms with E-state index in [1.807, 2.05) is 6.07 Å². The number of benzene rings is 4. The molecule has 0 radical (unpaired) electrons. The minimum atomic E-state index is -2.35. The minimum Gasteiger partial charge on any atom is -0.308 e. The summed E-state index contributed by atoms with van der Waals surface area (Å²) >= 11 is 0. The van der Waals surface area contributed by atoms with Crippen LogP contribution in [0.1, 0.15) is 24.2 Å². The first-order valence-electron chi connectivity index (χ1n) is 13.7. The Bertz CT molecular complexity index is 2560. The van der Waals surface area contributed by atoms with E-state index in [1.165, 1.54) is 23.6 Å². The summed E-state index contributed by atoms with van der Waals surface area (Å²) in [5.74, 6) is -21.7. The third-order valence-corrected chi connectivity index (χ3v) is 8.11. The van der Waals surface area contributed by atoms with E-state index in [-0.39, 0.29) is 50.3 Å². The van der Waals surface area contributed by atoms with E-state index in [0.717, 1.165) is 24.3 Å². The van der Waals surface area contributed by atoms with Crippen molar-refractivity contribution in [2.75, 3.05) is 0 Å². The van der Waals surface area contributed by atoms with Gasteiger partial charge in [0.2, 0.25) is 17.8 Å². The number of fused-ring (bicyclic) bond motifs is 6. The fraction of sp³-hybridized carbons (Fsp3) is 0.0606. The second-order valence-corrected chi connectivity index (χ2v) is 10.7. The van der Waals surface area contributed by atoms with Crippen LogP contribution in [-0.4, -0.2) is 20.2 Å². The molecule has 1 atom stereocenters. The number of halogens is 10. The Labute approximate surface area is 266 Å². The number of aromatic nitrogens is 3. The van der Waals surface area contributed by atoms with Crippen LogP contribution in [0.25, 0.3) is 55.6 Å². The van der Waals surface area contributed by atoms with Crippen LogP contribution < -0.4 is 0 Å². The van der Waals surface area contributed by atoms with E-state index in [2.05, 4.69) is 15.0 Å². The van der Waals surface area contributed by atoms with Gasteiger partial charge in [0.05, 0.1) is 22.7 Å². The molecule has 1 aliphatic carbocycles. The molecule has 6 aromatic rings. The van der Waals surface area contributed by atoms with Crippen molar-refractivity contribution in [3.05, 3.63) is 106 Å². The zero-order valence-electron chi connectivity index (χ0n) is 24.0. The summed E-state index contributed by atoms with van der Waals surface area (Å²) in [6.07, 6.45) is 1.56. The molecule has 4 aromatic carbocycles. The lowest BCUT2D eigenvalue weighted by Crippen LogP contribution is -2.06. The minimum absolute atomic E-state index is 0.00893. The van der Waals surface area contributed by atoms with E-state index < -0.39 is 86.5 Å². The topological polar surface area (TPSA) is 90.7 Å².